The summed E-state index contributed by atoms with van der Waals surface area (Å²) in [6, 6.07) is 6.12. The van der Waals surface area contributed by atoms with Gasteiger partial charge in [-0.05, 0) is 64.0 Å². The molecule has 30 heavy (non-hydrogen) atoms. The molecule has 7 heteroatoms. The third-order valence-electron chi connectivity index (χ3n) is 5.21. The van der Waals surface area contributed by atoms with Crippen LogP contribution in [0.15, 0.2) is 42.0 Å². The fourth-order valence-electron chi connectivity index (χ4n) is 3.43. The summed E-state index contributed by atoms with van der Waals surface area (Å²) in [5.41, 5.74) is 3.36. The van der Waals surface area contributed by atoms with Gasteiger partial charge in [-0.2, -0.15) is 5.10 Å². The van der Waals surface area contributed by atoms with Crippen molar-refractivity contribution < 1.29 is 9.18 Å². The van der Waals surface area contributed by atoms with E-state index in [9.17, 15) is 9.18 Å². The van der Waals surface area contributed by atoms with E-state index in [0.717, 1.165) is 32.5 Å². The van der Waals surface area contributed by atoms with Gasteiger partial charge in [-0.15, -0.1) is 0 Å². The Morgan fingerprint density at radius 3 is 2.57 bits per heavy atom. The lowest BCUT2D eigenvalue weighted by atomic mass is 10.0. The van der Waals surface area contributed by atoms with Gasteiger partial charge in [0.15, 0.2) is 0 Å². The number of hydrogen-bond donors (Lipinski definition) is 1. The first kappa shape index (κ1) is 22.2. The van der Waals surface area contributed by atoms with Crippen LogP contribution in [-0.2, 0) is 4.79 Å². The predicted molar refractivity (Wildman–Crippen MR) is 119 cm³/mol. The number of likely N-dealkylation sites (tertiary alicyclic amines) is 1. The number of rotatable bonds is 6. The van der Waals surface area contributed by atoms with Crippen molar-refractivity contribution in [2.75, 3.05) is 19.6 Å². The highest BCUT2D eigenvalue weighted by Gasteiger charge is 2.19. The minimum atomic E-state index is -0.321. The molecule has 1 aromatic heterocycles. The van der Waals surface area contributed by atoms with Gasteiger partial charge in [0.25, 0.3) is 0 Å². The Balaban J connectivity index is 1.58. The molecule has 0 aliphatic carbocycles. The molecule has 0 spiro atoms. The molecule has 1 aliphatic rings. The van der Waals surface area contributed by atoms with E-state index in [2.05, 4.69) is 35.2 Å². The van der Waals surface area contributed by atoms with Crippen molar-refractivity contribution in [2.24, 2.45) is 0 Å². The smallest absolute Gasteiger partial charge is 0.244 e. The van der Waals surface area contributed by atoms with Crippen molar-refractivity contribution in [3.63, 3.8) is 0 Å². The Labute approximate surface area is 182 Å². The number of hydrogen-bond acceptors (Lipinski definition) is 3. The molecular formula is C23H28ClFN4O. The lowest BCUT2D eigenvalue weighted by Gasteiger charge is -2.31. The third-order valence-corrected chi connectivity index (χ3v) is 5.58. The number of nitrogens with one attached hydrogen (secondary N) is 1. The molecule has 0 radical (unpaired) electrons. The Kier molecular flexibility index (Phi) is 7.45. The van der Waals surface area contributed by atoms with Crippen LogP contribution in [0.1, 0.15) is 37.9 Å². The highest BCUT2D eigenvalue weighted by molar-refractivity contribution is 6.31. The van der Waals surface area contributed by atoms with E-state index in [1.54, 1.807) is 18.2 Å². The van der Waals surface area contributed by atoms with E-state index in [1.165, 1.54) is 28.5 Å². The van der Waals surface area contributed by atoms with Crippen LogP contribution >= 0.6 is 11.6 Å². The largest absolute Gasteiger partial charge is 0.350 e. The van der Waals surface area contributed by atoms with E-state index in [-0.39, 0.29) is 17.8 Å². The number of piperidine rings is 1. The molecule has 2 heterocycles. The molecule has 0 bridgehead atoms. The summed E-state index contributed by atoms with van der Waals surface area (Å²) in [7, 11) is 0. The van der Waals surface area contributed by atoms with Gasteiger partial charge in [0.1, 0.15) is 11.0 Å². The monoisotopic (exact) mass is 430 g/mol. The second kappa shape index (κ2) is 10.0. The Morgan fingerprint density at radius 2 is 1.93 bits per heavy atom. The highest BCUT2D eigenvalue weighted by atomic mass is 35.5. The zero-order valence-corrected chi connectivity index (χ0v) is 18.4. The van der Waals surface area contributed by atoms with E-state index < -0.39 is 0 Å². The van der Waals surface area contributed by atoms with Crippen LogP contribution in [0.5, 0.6) is 0 Å². The Hall–Kier alpha value is -2.44. The van der Waals surface area contributed by atoms with Crippen molar-refractivity contribution in [2.45, 2.75) is 39.7 Å². The molecule has 1 fully saturated rings. The van der Waals surface area contributed by atoms with Crippen molar-refractivity contribution in [1.29, 1.82) is 0 Å². The number of allylic oxidation sites excluding steroid dienone is 1. The van der Waals surface area contributed by atoms with E-state index in [4.69, 9.17) is 11.6 Å². The summed E-state index contributed by atoms with van der Waals surface area (Å²) in [6.45, 7) is 8.97. The molecule has 1 N–H and O–H groups in total. The maximum absolute atomic E-state index is 13.2. The second-order valence-corrected chi connectivity index (χ2v) is 8.23. The third kappa shape index (κ3) is 5.80. The van der Waals surface area contributed by atoms with Crippen molar-refractivity contribution >= 4 is 23.6 Å². The normalized spacial score (nSPS) is 15.5. The predicted octanol–water partition coefficient (Wildman–Crippen LogP) is 4.53. The first-order chi connectivity index (χ1) is 14.3. The zero-order chi connectivity index (χ0) is 21.7. The van der Waals surface area contributed by atoms with Crippen LogP contribution in [0.2, 0.25) is 5.15 Å². The molecule has 1 saturated heterocycles. The molecule has 0 saturated carbocycles. The minimum Gasteiger partial charge on any atom is -0.350 e. The van der Waals surface area contributed by atoms with Gasteiger partial charge in [0, 0.05) is 37.3 Å². The van der Waals surface area contributed by atoms with Gasteiger partial charge in [-0.1, -0.05) is 23.3 Å². The van der Waals surface area contributed by atoms with Crippen LogP contribution in [-0.4, -0.2) is 46.3 Å². The average molecular weight is 431 g/mol. The fraction of sp³-hybridized carbons (Fsp3) is 0.391. The number of carbonyl (C=O) groups excluding carboxylic acids is 1. The minimum absolute atomic E-state index is 0.136. The van der Waals surface area contributed by atoms with Crippen LogP contribution in [0.4, 0.5) is 4.39 Å². The SMILES string of the molecule is CC(C)=CCN1CCC(NC(=O)/C=C/c2c(C)nn(-c3ccc(F)cc3)c2Cl)CC1. The Bertz CT molecular complexity index is 937. The molecule has 2 aromatic rings. The lowest BCUT2D eigenvalue weighted by Crippen LogP contribution is -2.44. The van der Waals surface area contributed by atoms with Crippen LogP contribution in [0.25, 0.3) is 11.8 Å². The second-order valence-electron chi connectivity index (χ2n) is 7.88. The van der Waals surface area contributed by atoms with Crippen molar-refractivity contribution in [3.8, 4) is 5.69 Å². The summed E-state index contributed by atoms with van der Waals surface area (Å²) >= 11 is 6.46. The summed E-state index contributed by atoms with van der Waals surface area (Å²) < 4.78 is 14.7. The molecule has 3 rings (SSSR count). The summed E-state index contributed by atoms with van der Waals surface area (Å²) in [6.07, 6.45) is 7.31. The maximum atomic E-state index is 13.2. The Morgan fingerprint density at radius 1 is 1.27 bits per heavy atom. The van der Waals surface area contributed by atoms with Crippen LogP contribution < -0.4 is 5.32 Å². The number of aromatic nitrogens is 2. The standard InChI is InChI=1S/C23H28ClFN4O/c1-16(2)10-13-28-14-11-19(12-15-28)26-22(30)9-8-21-17(3)27-29(23(21)24)20-6-4-18(25)5-7-20/h4-10,19H,11-15H2,1-3H3,(H,26,30)/b9-8+. The van der Waals surface area contributed by atoms with Gasteiger partial charge >= 0.3 is 0 Å². The molecule has 0 unspecified atom stereocenters. The molecule has 5 nitrogen and oxygen atoms in total. The number of benzene rings is 1. The van der Waals surface area contributed by atoms with Gasteiger partial charge < -0.3 is 5.32 Å². The molecule has 1 amide bonds. The van der Waals surface area contributed by atoms with E-state index in [0.29, 0.717) is 22.1 Å². The molecule has 0 atom stereocenters. The molecule has 160 valence electrons. The first-order valence-electron chi connectivity index (χ1n) is 10.2. The van der Waals surface area contributed by atoms with Crippen LogP contribution in [0, 0.1) is 12.7 Å². The van der Waals surface area contributed by atoms with E-state index in [1.807, 2.05) is 6.92 Å². The fourth-order valence-corrected chi connectivity index (χ4v) is 3.77. The van der Waals surface area contributed by atoms with Crippen LogP contribution in [0.3, 0.4) is 0 Å². The molecule has 1 aliphatic heterocycles. The van der Waals surface area contributed by atoms with Crippen molar-refractivity contribution in [3.05, 3.63) is 64.2 Å². The summed E-state index contributed by atoms with van der Waals surface area (Å²) in [4.78, 5) is 14.8. The summed E-state index contributed by atoms with van der Waals surface area (Å²) in [5.74, 6) is -0.457. The summed E-state index contributed by atoms with van der Waals surface area (Å²) in [5, 5.41) is 7.87. The quantitative estimate of drug-likeness (QED) is 0.541. The lowest BCUT2D eigenvalue weighted by molar-refractivity contribution is -0.117. The van der Waals surface area contributed by atoms with E-state index >= 15 is 0 Å². The van der Waals surface area contributed by atoms with Crippen molar-refractivity contribution in [1.82, 2.24) is 20.0 Å². The van der Waals surface area contributed by atoms with Gasteiger partial charge in [0.05, 0.1) is 11.4 Å². The van der Waals surface area contributed by atoms with Gasteiger partial charge in [-0.3, -0.25) is 9.69 Å². The number of amides is 1. The average Bonchev–Trinajstić information content (AvgIpc) is 3.00. The maximum Gasteiger partial charge on any atom is 0.244 e. The number of nitrogens with zero attached hydrogens (tertiary/aromatic N) is 3. The highest BCUT2D eigenvalue weighted by Crippen LogP contribution is 2.25. The zero-order valence-electron chi connectivity index (χ0n) is 17.7. The number of carbonyl (C=O) groups is 1. The topological polar surface area (TPSA) is 50.2 Å². The number of halogens is 2. The van der Waals surface area contributed by atoms with Gasteiger partial charge in [0.2, 0.25) is 5.91 Å². The number of aryl methyl sites for hydroxylation is 1. The molecular weight excluding hydrogens is 403 g/mol. The first-order valence-corrected chi connectivity index (χ1v) is 10.6. The molecule has 1 aromatic carbocycles. The van der Waals surface area contributed by atoms with Gasteiger partial charge in [-0.25, -0.2) is 9.07 Å².